The molecule has 1 fully saturated rings. The summed E-state index contributed by atoms with van der Waals surface area (Å²) < 4.78 is 0. The lowest BCUT2D eigenvalue weighted by Gasteiger charge is -2.30. The zero-order valence-corrected chi connectivity index (χ0v) is 27.6. The number of benzene rings is 2. The molecular formula is C36H50N6O5. The predicted octanol–water partition coefficient (Wildman–Crippen LogP) is 2.92. The summed E-state index contributed by atoms with van der Waals surface area (Å²) in [6, 6.07) is 17.6. The van der Waals surface area contributed by atoms with E-state index in [4.69, 9.17) is 5.73 Å². The van der Waals surface area contributed by atoms with Crippen molar-refractivity contribution in [3.63, 3.8) is 0 Å². The molecule has 4 amide bonds. The fraction of sp³-hybridized carbons (Fsp3) is 0.500. The molecule has 0 aliphatic carbocycles. The summed E-state index contributed by atoms with van der Waals surface area (Å²) in [6.45, 7) is 4.25. The Morgan fingerprint density at radius 2 is 1.28 bits per heavy atom. The molecule has 1 aromatic heterocycles. The average Bonchev–Trinajstić information content (AvgIpc) is 3.48. The summed E-state index contributed by atoms with van der Waals surface area (Å²) in [5.41, 5.74) is 8.77. The van der Waals surface area contributed by atoms with Crippen LogP contribution in [0, 0.1) is 0 Å². The van der Waals surface area contributed by atoms with Gasteiger partial charge in [0, 0.05) is 95.1 Å². The molecule has 0 unspecified atom stereocenters. The fourth-order valence-electron chi connectivity index (χ4n) is 6.05. The number of hydrogen-bond donors (Lipinski definition) is 3. The van der Waals surface area contributed by atoms with Gasteiger partial charge in [-0.05, 0) is 49.9 Å². The minimum atomic E-state index is -0.768. The maximum atomic E-state index is 13.8. The predicted molar refractivity (Wildman–Crippen MR) is 182 cm³/mol. The van der Waals surface area contributed by atoms with E-state index < -0.39 is 6.10 Å². The molecule has 1 aliphatic heterocycles. The highest BCUT2D eigenvalue weighted by atomic mass is 16.3. The van der Waals surface area contributed by atoms with Crippen LogP contribution in [-0.4, -0.2) is 112 Å². The molecule has 4 rings (SSSR count). The van der Waals surface area contributed by atoms with Gasteiger partial charge in [-0.25, -0.2) is 0 Å². The standard InChI is InChI=1S/C36H50N6O5/c1-28(43)26-41-23-17-36(47)42(27-29-9-3-2-4-10-29)24-16-34(45)40(20-13-30-25-38-32-12-6-5-11-31(30)32)22-14-33(44)39(19-8-7-18-37)21-15-35(41)46/h2-6,9-12,25,28,38,43H,7-8,13-24,26-27,37H2,1H3/t28-/m1/s1. The number of unbranched alkanes of at least 4 members (excludes halogenated alkanes) is 1. The number of nitrogens with two attached hydrogens (primary N) is 1. The number of para-hydroxylation sites is 1. The van der Waals surface area contributed by atoms with Crippen molar-refractivity contribution >= 4 is 34.5 Å². The van der Waals surface area contributed by atoms with E-state index in [0.717, 1.165) is 28.5 Å². The summed E-state index contributed by atoms with van der Waals surface area (Å²) in [6.07, 6.45) is 3.65. The van der Waals surface area contributed by atoms with Gasteiger partial charge >= 0.3 is 0 Å². The molecule has 4 N–H and O–H groups in total. The second-order valence-corrected chi connectivity index (χ2v) is 12.4. The maximum absolute atomic E-state index is 13.8. The molecule has 2 heterocycles. The number of aromatic amines is 1. The highest BCUT2D eigenvalue weighted by Crippen LogP contribution is 2.19. The van der Waals surface area contributed by atoms with E-state index in [-0.39, 0.29) is 82.0 Å². The third-order valence-electron chi connectivity index (χ3n) is 8.70. The first-order valence-corrected chi connectivity index (χ1v) is 16.8. The number of aromatic nitrogens is 1. The number of H-pyrrole nitrogens is 1. The molecule has 11 heteroatoms. The van der Waals surface area contributed by atoms with Gasteiger partial charge in [0.05, 0.1) is 6.10 Å². The number of β-amino-alcohol motifs (C(OH)–C–C–N with tert-alkyl or cyclic N) is 1. The van der Waals surface area contributed by atoms with Gasteiger partial charge in [-0.2, -0.15) is 0 Å². The summed E-state index contributed by atoms with van der Waals surface area (Å²) >= 11 is 0. The normalized spacial score (nSPS) is 17.2. The van der Waals surface area contributed by atoms with Crippen LogP contribution in [0.1, 0.15) is 56.6 Å². The Bertz CT molecular complexity index is 1460. The van der Waals surface area contributed by atoms with Gasteiger partial charge in [-0.1, -0.05) is 48.5 Å². The number of rotatable bonds is 11. The fourth-order valence-corrected chi connectivity index (χ4v) is 6.05. The van der Waals surface area contributed by atoms with Gasteiger partial charge in [-0.3, -0.25) is 19.2 Å². The van der Waals surface area contributed by atoms with E-state index in [1.165, 1.54) is 4.90 Å². The lowest BCUT2D eigenvalue weighted by atomic mass is 10.1. The monoisotopic (exact) mass is 646 g/mol. The Morgan fingerprint density at radius 1 is 0.723 bits per heavy atom. The Morgan fingerprint density at radius 3 is 1.94 bits per heavy atom. The first-order chi connectivity index (χ1) is 22.7. The summed E-state index contributed by atoms with van der Waals surface area (Å²) in [7, 11) is 0. The highest BCUT2D eigenvalue weighted by Gasteiger charge is 2.25. The second-order valence-electron chi connectivity index (χ2n) is 12.4. The Labute approximate surface area is 277 Å². The quantitative estimate of drug-likeness (QED) is 0.274. The molecule has 3 aromatic rings. The molecule has 254 valence electrons. The van der Waals surface area contributed by atoms with Crippen LogP contribution in [-0.2, 0) is 32.1 Å². The van der Waals surface area contributed by atoms with E-state index in [2.05, 4.69) is 11.1 Å². The van der Waals surface area contributed by atoms with Crippen molar-refractivity contribution in [2.24, 2.45) is 5.73 Å². The number of nitrogens with zero attached hydrogens (tertiary/aromatic N) is 4. The van der Waals surface area contributed by atoms with E-state index >= 15 is 0 Å². The van der Waals surface area contributed by atoms with Crippen molar-refractivity contribution in [1.82, 2.24) is 24.6 Å². The second kappa shape index (κ2) is 18.2. The number of hydrogen-bond acceptors (Lipinski definition) is 6. The van der Waals surface area contributed by atoms with Crippen molar-refractivity contribution in [1.29, 1.82) is 0 Å². The van der Waals surface area contributed by atoms with Crippen LogP contribution in [0.2, 0.25) is 0 Å². The molecule has 1 atom stereocenters. The molecular weight excluding hydrogens is 596 g/mol. The molecule has 0 spiro atoms. The van der Waals surface area contributed by atoms with Crippen LogP contribution in [0.15, 0.2) is 60.8 Å². The lowest BCUT2D eigenvalue weighted by Crippen LogP contribution is -2.44. The summed E-state index contributed by atoms with van der Waals surface area (Å²) in [5.74, 6) is -0.611. The van der Waals surface area contributed by atoms with Gasteiger partial charge < -0.3 is 35.4 Å². The van der Waals surface area contributed by atoms with Crippen LogP contribution >= 0.6 is 0 Å². The van der Waals surface area contributed by atoms with E-state index in [9.17, 15) is 24.3 Å². The third-order valence-corrected chi connectivity index (χ3v) is 8.70. The van der Waals surface area contributed by atoms with Gasteiger partial charge in [0.25, 0.3) is 0 Å². The SMILES string of the molecule is C[C@@H](O)CN1CCC(=O)N(Cc2ccccc2)CCC(=O)N(CCc2c[nH]c3ccccc23)CCC(=O)N(CCCCN)CCC1=O. The maximum Gasteiger partial charge on any atom is 0.224 e. The minimum absolute atomic E-state index is 0.0584. The molecule has 2 aromatic carbocycles. The summed E-state index contributed by atoms with van der Waals surface area (Å²) in [4.78, 5) is 64.3. The summed E-state index contributed by atoms with van der Waals surface area (Å²) in [5, 5.41) is 11.2. The van der Waals surface area contributed by atoms with Crippen molar-refractivity contribution in [3.8, 4) is 0 Å². The Kier molecular flexibility index (Phi) is 13.8. The number of carbonyl (C=O) groups is 4. The van der Waals surface area contributed by atoms with Crippen molar-refractivity contribution in [2.75, 3.05) is 52.4 Å². The number of fused-ring (bicyclic) bond motifs is 1. The van der Waals surface area contributed by atoms with Crippen molar-refractivity contribution in [2.45, 2.75) is 64.5 Å². The number of carbonyl (C=O) groups excluding carboxylic acids is 4. The molecule has 0 radical (unpaired) electrons. The van der Waals surface area contributed by atoms with Crippen LogP contribution < -0.4 is 5.73 Å². The molecule has 1 saturated heterocycles. The first-order valence-electron chi connectivity index (χ1n) is 16.8. The third kappa shape index (κ3) is 10.9. The number of nitrogens with one attached hydrogen (secondary N) is 1. The Balaban J connectivity index is 1.57. The van der Waals surface area contributed by atoms with Gasteiger partial charge in [-0.15, -0.1) is 0 Å². The van der Waals surface area contributed by atoms with Crippen molar-refractivity contribution < 1.29 is 24.3 Å². The molecule has 47 heavy (non-hydrogen) atoms. The molecule has 0 bridgehead atoms. The van der Waals surface area contributed by atoms with E-state index in [1.807, 2.05) is 54.7 Å². The molecule has 0 saturated carbocycles. The van der Waals surface area contributed by atoms with Crippen LogP contribution in [0.4, 0.5) is 0 Å². The van der Waals surface area contributed by atoms with Crippen LogP contribution in [0.3, 0.4) is 0 Å². The first kappa shape index (κ1) is 35.6. The number of aliphatic hydroxyl groups excluding tert-OH is 1. The average molecular weight is 647 g/mol. The van der Waals surface area contributed by atoms with Crippen molar-refractivity contribution in [3.05, 3.63) is 71.9 Å². The molecule has 1 aliphatic rings. The molecule has 11 nitrogen and oxygen atoms in total. The smallest absolute Gasteiger partial charge is 0.224 e. The van der Waals surface area contributed by atoms with E-state index in [0.29, 0.717) is 39.0 Å². The highest BCUT2D eigenvalue weighted by molar-refractivity contribution is 5.84. The van der Waals surface area contributed by atoms with Gasteiger partial charge in [0.2, 0.25) is 23.6 Å². The van der Waals surface area contributed by atoms with E-state index in [1.54, 1.807) is 21.6 Å². The lowest BCUT2D eigenvalue weighted by molar-refractivity contribution is -0.138. The number of amides is 4. The van der Waals surface area contributed by atoms with Crippen LogP contribution in [0.25, 0.3) is 10.9 Å². The Hall–Kier alpha value is -4.22. The largest absolute Gasteiger partial charge is 0.392 e. The zero-order chi connectivity index (χ0) is 33.6. The number of aliphatic hydroxyl groups is 1. The van der Waals surface area contributed by atoms with Gasteiger partial charge in [0.1, 0.15) is 0 Å². The van der Waals surface area contributed by atoms with Crippen LogP contribution in [0.5, 0.6) is 0 Å². The van der Waals surface area contributed by atoms with Gasteiger partial charge in [0.15, 0.2) is 0 Å². The zero-order valence-electron chi connectivity index (χ0n) is 27.6. The topological polar surface area (TPSA) is 143 Å². The minimum Gasteiger partial charge on any atom is -0.392 e.